The third-order valence-corrected chi connectivity index (χ3v) is 7.12. The summed E-state index contributed by atoms with van der Waals surface area (Å²) in [6.45, 7) is 14.0. The van der Waals surface area contributed by atoms with Crippen LogP contribution in [0.4, 0.5) is 5.13 Å². The standard InChI is InChI=1S/C24H31N3OS2/c1-6-26(7-2)12-13-27(23(28)19-10-9-11-20(16-19)29-8-3)24-25-22-18(5)14-17(4)15-21(22)30-24/h9-11,14-16H,6-8,12-13H2,1-5H3. The number of hydrogen-bond acceptors (Lipinski definition) is 5. The van der Waals surface area contributed by atoms with Crippen LogP contribution in [0.3, 0.4) is 0 Å². The van der Waals surface area contributed by atoms with E-state index < -0.39 is 0 Å². The van der Waals surface area contributed by atoms with Crippen LogP contribution in [0.2, 0.25) is 0 Å². The summed E-state index contributed by atoms with van der Waals surface area (Å²) in [7, 11) is 0. The average Bonchev–Trinajstić information content (AvgIpc) is 3.15. The first-order valence-electron chi connectivity index (χ1n) is 10.6. The van der Waals surface area contributed by atoms with Gasteiger partial charge >= 0.3 is 0 Å². The Kier molecular flexibility index (Phi) is 7.92. The van der Waals surface area contributed by atoms with Crippen LogP contribution in [0.5, 0.6) is 0 Å². The van der Waals surface area contributed by atoms with Gasteiger partial charge < -0.3 is 4.90 Å². The fourth-order valence-corrected chi connectivity index (χ4v) is 5.47. The molecule has 0 bridgehead atoms. The summed E-state index contributed by atoms with van der Waals surface area (Å²) in [4.78, 5) is 23.8. The van der Waals surface area contributed by atoms with Crippen molar-refractivity contribution in [2.75, 3.05) is 36.8 Å². The maximum atomic E-state index is 13.6. The summed E-state index contributed by atoms with van der Waals surface area (Å²) >= 11 is 3.36. The van der Waals surface area contributed by atoms with Gasteiger partial charge in [0.2, 0.25) is 0 Å². The second-order valence-corrected chi connectivity index (χ2v) is 9.72. The molecule has 0 fully saturated rings. The van der Waals surface area contributed by atoms with Gasteiger partial charge in [-0.3, -0.25) is 9.69 Å². The summed E-state index contributed by atoms with van der Waals surface area (Å²) in [5.41, 5.74) is 4.10. The van der Waals surface area contributed by atoms with Crippen LogP contribution in [-0.4, -0.2) is 47.7 Å². The minimum atomic E-state index is 0.0224. The van der Waals surface area contributed by atoms with Crippen molar-refractivity contribution in [2.24, 2.45) is 0 Å². The van der Waals surface area contributed by atoms with Crippen molar-refractivity contribution < 1.29 is 4.79 Å². The number of anilines is 1. The van der Waals surface area contributed by atoms with Crippen molar-refractivity contribution in [3.63, 3.8) is 0 Å². The first kappa shape index (κ1) is 22.8. The van der Waals surface area contributed by atoms with Crippen molar-refractivity contribution >= 4 is 44.4 Å². The van der Waals surface area contributed by atoms with Crippen molar-refractivity contribution in [1.29, 1.82) is 0 Å². The number of likely N-dealkylation sites (N-methyl/N-ethyl adjacent to an activating group) is 1. The van der Waals surface area contributed by atoms with Gasteiger partial charge in [0, 0.05) is 23.5 Å². The van der Waals surface area contributed by atoms with E-state index in [1.54, 1.807) is 23.1 Å². The number of amides is 1. The van der Waals surface area contributed by atoms with Gasteiger partial charge in [-0.05, 0) is 68.1 Å². The van der Waals surface area contributed by atoms with E-state index in [-0.39, 0.29) is 5.91 Å². The molecule has 30 heavy (non-hydrogen) atoms. The second-order valence-electron chi connectivity index (χ2n) is 7.37. The van der Waals surface area contributed by atoms with Crippen LogP contribution in [0.1, 0.15) is 42.3 Å². The highest BCUT2D eigenvalue weighted by Gasteiger charge is 2.22. The smallest absolute Gasteiger partial charge is 0.260 e. The van der Waals surface area contributed by atoms with E-state index >= 15 is 0 Å². The molecule has 0 spiro atoms. The maximum absolute atomic E-state index is 13.6. The van der Waals surface area contributed by atoms with E-state index in [9.17, 15) is 4.79 Å². The minimum absolute atomic E-state index is 0.0224. The molecule has 0 radical (unpaired) electrons. The summed E-state index contributed by atoms with van der Waals surface area (Å²) in [5.74, 6) is 1.01. The van der Waals surface area contributed by atoms with Gasteiger partial charge in [-0.15, -0.1) is 11.8 Å². The highest BCUT2D eigenvalue weighted by molar-refractivity contribution is 7.99. The normalized spacial score (nSPS) is 11.4. The third kappa shape index (κ3) is 5.23. The number of hydrogen-bond donors (Lipinski definition) is 0. The molecular formula is C24H31N3OS2. The summed E-state index contributed by atoms with van der Waals surface area (Å²) in [5, 5.41) is 0.782. The third-order valence-electron chi connectivity index (χ3n) is 5.22. The number of rotatable bonds is 9. The Labute approximate surface area is 188 Å². The number of thioether (sulfide) groups is 1. The highest BCUT2D eigenvalue weighted by atomic mass is 32.2. The molecule has 0 saturated heterocycles. The highest BCUT2D eigenvalue weighted by Crippen LogP contribution is 2.32. The quantitative estimate of drug-likeness (QED) is 0.381. The Morgan fingerprint density at radius 3 is 2.53 bits per heavy atom. The summed E-state index contributed by atoms with van der Waals surface area (Å²) in [6.07, 6.45) is 0. The molecule has 0 aliphatic rings. The van der Waals surface area contributed by atoms with E-state index in [1.807, 2.05) is 23.1 Å². The molecule has 1 aromatic heterocycles. The fraction of sp³-hybridized carbons (Fsp3) is 0.417. The van der Waals surface area contributed by atoms with Gasteiger partial charge in [0.1, 0.15) is 0 Å². The molecule has 2 aromatic carbocycles. The van der Waals surface area contributed by atoms with Crippen LogP contribution in [0.15, 0.2) is 41.3 Å². The lowest BCUT2D eigenvalue weighted by molar-refractivity contribution is 0.0983. The van der Waals surface area contributed by atoms with Crippen molar-refractivity contribution in [2.45, 2.75) is 39.5 Å². The van der Waals surface area contributed by atoms with E-state index in [0.717, 1.165) is 56.8 Å². The second kappa shape index (κ2) is 10.4. The molecule has 0 saturated carbocycles. The number of aryl methyl sites for hydroxylation is 2. The topological polar surface area (TPSA) is 36.4 Å². The van der Waals surface area contributed by atoms with E-state index in [1.165, 1.54) is 5.56 Å². The molecule has 0 unspecified atom stereocenters. The summed E-state index contributed by atoms with van der Waals surface area (Å²) < 4.78 is 1.14. The predicted molar refractivity (Wildman–Crippen MR) is 131 cm³/mol. The number of fused-ring (bicyclic) bond motifs is 1. The van der Waals surface area contributed by atoms with Crippen molar-refractivity contribution in [1.82, 2.24) is 9.88 Å². The van der Waals surface area contributed by atoms with Gasteiger partial charge in [-0.25, -0.2) is 4.98 Å². The minimum Gasteiger partial charge on any atom is -0.302 e. The molecular weight excluding hydrogens is 410 g/mol. The van der Waals surface area contributed by atoms with Crippen LogP contribution < -0.4 is 4.90 Å². The van der Waals surface area contributed by atoms with Gasteiger partial charge in [0.05, 0.1) is 10.2 Å². The Morgan fingerprint density at radius 1 is 1.07 bits per heavy atom. The average molecular weight is 442 g/mol. The fourth-order valence-electron chi connectivity index (χ4n) is 3.58. The van der Waals surface area contributed by atoms with Gasteiger partial charge in [0.15, 0.2) is 5.13 Å². The van der Waals surface area contributed by atoms with Crippen LogP contribution in [0, 0.1) is 13.8 Å². The molecule has 0 aliphatic carbocycles. The lowest BCUT2D eigenvalue weighted by Gasteiger charge is -2.25. The number of carbonyl (C=O) groups excluding carboxylic acids is 1. The zero-order chi connectivity index (χ0) is 21.7. The molecule has 1 heterocycles. The van der Waals surface area contributed by atoms with Crippen LogP contribution in [-0.2, 0) is 0 Å². The molecule has 6 heteroatoms. The van der Waals surface area contributed by atoms with Crippen LogP contribution >= 0.6 is 23.1 Å². The zero-order valence-electron chi connectivity index (χ0n) is 18.6. The number of nitrogens with zero attached hydrogens (tertiary/aromatic N) is 3. The zero-order valence-corrected chi connectivity index (χ0v) is 20.2. The monoisotopic (exact) mass is 441 g/mol. The number of benzene rings is 2. The molecule has 3 rings (SSSR count). The Hall–Kier alpha value is -1.89. The Bertz CT molecular complexity index is 1010. The Morgan fingerprint density at radius 2 is 1.83 bits per heavy atom. The van der Waals surface area contributed by atoms with Crippen molar-refractivity contribution in [3.05, 3.63) is 53.1 Å². The molecule has 3 aromatic rings. The first-order chi connectivity index (χ1) is 14.5. The van der Waals surface area contributed by atoms with Gasteiger partial charge in [0.25, 0.3) is 5.91 Å². The van der Waals surface area contributed by atoms with E-state index in [4.69, 9.17) is 4.98 Å². The predicted octanol–water partition coefficient (Wildman–Crippen LogP) is 6.01. The number of aromatic nitrogens is 1. The first-order valence-corrected chi connectivity index (χ1v) is 12.4. The largest absolute Gasteiger partial charge is 0.302 e. The Balaban J connectivity index is 1.99. The molecule has 0 atom stereocenters. The SMILES string of the molecule is CCSc1cccc(C(=O)N(CCN(CC)CC)c2nc3c(C)cc(C)cc3s2)c1. The summed E-state index contributed by atoms with van der Waals surface area (Å²) in [6, 6.07) is 12.3. The molecule has 0 aliphatic heterocycles. The number of thiazole rings is 1. The van der Waals surface area contributed by atoms with Crippen molar-refractivity contribution in [3.8, 4) is 0 Å². The maximum Gasteiger partial charge on any atom is 0.260 e. The molecule has 4 nitrogen and oxygen atoms in total. The van der Waals surface area contributed by atoms with E-state index in [2.05, 4.69) is 57.7 Å². The molecule has 160 valence electrons. The van der Waals surface area contributed by atoms with Gasteiger partial charge in [-0.1, -0.05) is 44.2 Å². The lowest BCUT2D eigenvalue weighted by Crippen LogP contribution is -2.38. The molecule has 1 amide bonds. The van der Waals surface area contributed by atoms with Crippen LogP contribution in [0.25, 0.3) is 10.2 Å². The van der Waals surface area contributed by atoms with Gasteiger partial charge in [-0.2, -0.15) is 0 Å². The number of carbonyl (C=O) groups is 1. The lowest BCUT2D eigenvalue weighted by atomic mass is 10.1. The molecule has 0 N–H and O–H groups in total. The van der Waals surface area contributed by atoms with E-state index in [0.29, 0.717) is 6.54 Å².